The van der Waals surface area contributed by atoms with Crippen LogP contribution in [0.4, 0.5) is 0 Å². The summed E-state index contributed by atoms with van der Waals surface area (Å²) in [7, 11) is 0. The Balaban J connectivity index is 2.74. The molecule has 0 saturated carbocycles. The predicted octanol–water partition coefficient (Wildman–Crippen LogP) is 1.86. The van der Waals surface area contributed by atoms with Gasteiger partial charge < -0.3 is 5.73 Å². The van der Waals surface area contributed by atoms with Crippen molar-refractivity contribution in [2.75, 3.05) is 0 Å². The molecule has 2 nitrogen and oxygen atoms in total. The number of aromatic nitrogens is 1. The van der Waals surface area contributed by atoms with Crippen molar-refractivity contribution in [3.63, 3.8) is 0 Å². The molecular weight excluding hydrogens is 144 g/mol. The summed E-state index contributed by atoms with van der Waals surface area (Å²) in [4.78, 5) is 4.27. The van der Waals surface area contributed by atoms with Crippen LogP contribution in [0.3, 0.4) is 0 Å². The van der Waals surface area contributed by atoms with Gasteiger partial charge in [0.05, 0.1) is 6.04 Å². The first kappa shape index (κ1) is 7.69. The fourth-order valence-electron chi connectivity index (χ4n) is 0.717. The lowest BCUT2D eigenvalue weighted by molar-refractivity contribution is 0.691. The summed E-state index contributed by atoms with van der Waals surface area (Å²) in [5.74, 6) is 0. The summed E-state index contributed by atoms with van der Waals surface area (Å²) < 4.78 is 0. The standard InChI is InChI=1S/C7H12N2S/c1-3-6(8)7-9-5(2)4-10-7/h4,6H,3,8H2,1-2H3/t6-/m1/s1. The minimum absolute atomic E-state index is 0.138. The molecule has 56 valence electrons. The summed E-state index contributed by atoms with van der Waals surface area (Å²) in [5.41, 5.74) is 6.83. The van der Waals surface area contributed by atoms with Gasteiger partial charge in [-0.15, -0.1) is 11.3 Å². The molecule has 0 radical (unpaired) electrons. The van der Waals surface area contributed by atoms with Crippen LogP contribution in [0.25, 0.3) is 0 Å². The van der Waals surface area contributed by atoms with Crippen molar-refractivity contribution in [1.29, 1.82) is 0 Å². The largest absolute Gasteiger partial charge is 0.322 e. The van der Waals surface area contributed by atoms with Crippen molar-refractivity contribution in [3.05, 3.63) is 16.1 Å². The van der Waals surface area contributed by atoms with E-state index in [9.17, 15) is 0 Å². The van der Waals surface area contributed by atoms with E-state index in [1.54, 1.807) is 11.3 Å². The second-order valence-corrected chi connectivity index (χ2v) is 3.23. The Morgan fingerprint density at radius 1 is 1.80 bits per heavy atom. The predicted molar refractivity (Wildman–Crippen MR) is 44.1 cm³/mol. The first-order chi connectivity index (χ1) is 4.74. The van der Waals surface area contributed by atoms with Crippen molar-refractivity contribution in [1.82, 2.24) is 4.98 Å². The molecule has 0 aliphatic heterocycles. The number of hydrogen-bond donors (Lipinski definition) is 1. The fraction of sp³-hybridized carbons (Fsp3) is 0.571. The van der Waals surface area contributed by atoms with Crippen LogP contribution in [0.15, 0.2) is 5.38 Å². The zero-order valence-corrected chi connectivity index (χ0v) is 7.11. The van der Waals surface area contributed by atoms with Crippen LogP contribution in [0.5, 0.6) is 0 Å². The highest BCUT2D eigenvalue weighted by atomic mass is 32.1. The first-order valence-electron chi connectivity index (χ1n) is 3.41. The third-order valence-corrected chi connectivity index (χ3v) is 2.49. The molecule has 0 aliphatic rings. The molecule has 1 aromatic rings. The summed E-state index contributed by atoms with van der Waals surface area (Å²) in [6, 6.07) is 0.138. The van der Waals surface area contributed by atoms with E-state index in [-0.39, 0.29) is 6.04 Å². The van der Waals surface area contributed by atoms with Gasteiger partial charge in [0, 0.05) is 11.1 Å². The Labute approximate surface area is 65.1 Å². The molecule has 0 saturated heterocycles. The van der Waals surface area contributed by atoms with Gasteiger partial charge in [-0.1, -0.05) is 6.92 Å². The highest BCUT2D eigenvalue weighted by molar-refractivity contribution is 7.09. The molecule has 0 aliphatic carbocycles. The first-order valence-corrected chi connectivity index (χ1v) is 4.29. The van der Waals surface area contributed by atoms with E-state index in [2.05, 4.69) is 11.9 Å². The smallest absolute Gasteiger partial charge is 0.110 e. The van der Waals surface area contributed by atoms with Crippen molar-refractivity contribution in [2.24, 2.45) is 5.73 Å². The van der Waals surface area contributed by atoms with Crippen LogP contribution in [0.1, 0.15) is 30.1 Å². The maximum absolute atomic E-state index is 5.76. The number of hydrogen-bond acceptors (Lipinski definition) is 3. The van der Waals surface area contributed by atoms with E-state index in [4.69, 9.17) is 5.73 Å². The minimum Gasteiger partial charge on any atom is -0.322 e. The van der Waals surface area contributed by atoms with Crippen LogP contribution in [-0.2, 0) is 0 Å². The molecule has 0 spiro atoms. The lowest BCUT2D eigenvalue weighted by Crippen LogP contribution is -2.07. The van der Waals surface area contributed by atoms with Crippen LogP contribution >= 0.6 is 11.3 Å². The van der Waals surface area contributed by atoms with Gasteiger partial charge in [-0.05, 0) is 13.3 Å². The van der Waals surface area contributed by atoms with E-state index in [0.29, 0.717) is 0 Å². The molecule has 0 unspecified atom stereocenters. The minimum atomic E-state index is 0.138. The van der Waals surface area contributed by atoms with E-state index >= 15 is 0 Å². The van der Waals surface area contributed by atoms with Gasteiger partial charge in [0.1, 0.15) is 5.01 Å². The topological polar surface area (TPSA) is 38.9 Å². The quantitative estimate of drug-likeness (QED) is 0.709. The molecule has 0 aromatic carbocycles. The molecule has 0 fully saturated rings. The lowest BCUT2D eigenvalue weighted by Gasteiger charge is -2.01. The molecule has 0 bridgehead atoms. The van der Waals surface area contributed by atoms with E-state index in [1.165, 1.54) is 0 Å². The van der Waals surface area contributed by atoms with Crippen molar-refractivity contribution in [2.45, 2.75) is 26.3 Å². The lowest BCUT2D eigenvalue weighted by atomic mass is 10.2. The number of thiazole rings is 1. The summed E-state index contributed by atoms with van der Waals surface area (Å²) >= 11 is 1.65. The third kappa shape index (κ3) is 1.55. The molecule has 10 heavy (non-hydrogen) atoms. The van der Waals surface area contributed by atoms with Crippen LogP contribution in [0.2, 0.25) is 0 Å². The van der Waals surface area contributed by atoms with Crippen molar-refractivity contribution in [3.8, 4) is 0 Å². The normalized spacial score (nSPS) is 13.5. The van der Waals surface area contributed by atoms with Gasteiger partial charge in [0.2, 0.25) is 0 Å². The van der Waals surface area contributed by atoms with Crippen molar-refractivity contribution < 1.29 is 0 Å². The number of nitrogens with two attached hydrogens (primary N) is 1. The molecule has 2 N–H and O–H groups in total. The van der Waals surface area contributed by atoms with Gasteiger partial charge in [-0.25, -0.2) is 4.98 Å². The maximum atomic E-state index is 5.76. The highest BCUT2D eigenvalue weighted by Crippen LogP contribution is 2.17. The van der Waals surface area contributed by atoms with Gasteiger partial charge in [0.15, 0.2) is 0 Å². The number of aryl methyl sites for hydroxylation is 1. The molecular formula is C7H12N2S. The molecule has 1 heterocycles. The number of nitrogens with zero attached hydrogens (tertiary/aromatic N) is 1. The van der Waals surface area contributed by atoms with E-state index in [0.717, 1.165) is 17.1 Å². The molecule has 3 heteroatoms. The maximum Gasteiger partial charge on any atom is 0.110 e. The van der Waals surface area contributed by atoms with E-state index < -0.39 is 0 Å². The summed E-state index contributed by atoms with van der Waals surface area (Å²) in [6.45, 7) is 4.06. The monoisotopic (exact) mass is 156 g/mol. The van der Waals surface area contributed by atoms with Crippen LogP contribution in [0, 0.1) is 6.92 Å². The zero-order valence-electron chi connectivity index (χ0n) is 6.29. The Hall–Kier alpha value is -0.410. The summed E-state index contributed by atoms with van der Waals surface area (Å²) in [6.07, 6.45) is 0.965. The highest BCUT2D eigenvalue weighted by Gasteiger charge is 2.05. The summed E-state index contributed by atoms with van der Waals surface area (Å²) in [5, 5.41) is 3.09. The molecule has 1 rings (SSSR count). The Morgan fingerprint density at radius 3 is 2.90 bits per heavy atom. The Bertz CT molecular complexity index is 207. The Morgan fingerprint density at radius 2 is 2.50 bits per heavy atom. The third-order valence-electron chi connectivity index (χ3n) is 1.39. The number of rotatable bonds is 2. The van der Waals surface area contributed by atoms with Gasteiger partial charge >= 0.3 is 0 Å². The van der Waals surface area contributed by atoms with Crippen molar-refractivity contribution >= 4 is 11.3 Å². The Kier molecular flexibility index (Phi) is 2.40. The van der Waals surface area contributed by atoms with Crippen LogP contribution in [-0.4, -0.2) is 4.98 Å². The van der Waals surface area contributed by atoms with E-state index in [1.807, 2.05) is 12.3 Å². The molecule has 1 atom stereocenters. The molecule has 1 aromatic heterocycles. The SMILES string of the molecule is CC[C@@H](N)c1nc(C)cs1. The average Bonchev–Trinajstić information content (AvgIpc) is 2.34. The van der Waals surface area contributed by atoms with Gasteiger partial charge in [-0.3, -0.25) is 0 Å². The molecule has 0 amide bonds. The average molecular weight is 156 g/mol. The fourth-order valence-corrected chi connectivity index (χ4v) is 1.60. The van der Waals surface area contributed by atoms with Crippen LogP contribution < -0.4 is 5.73 Å². The second-order valence-electron chi connectivity index (χ2n) is 2.34. The second kappa shape index (κ2) is 3.12. The van der Waals surface area contributed by atoms with Gasteiger partial charge in [-0.2, -0.15) is 0 Å². The zero-order chi connectivity index (χ0) is 7.56. The van der Waals surface area contributed by atoms with Gasteiger partial charge in [0.25, 0.3) is 0 Å².